The second-order valence-electron chi connectivity index (χ2n) is 5.50. The summed E-state index contributed by atoms with van der Waals surface area (Å²) in [4.78, 5) is 0. The third kappa shape index (κ3) is 8.10. The minimum absolute atomic E-state index is 1.02. The predicted octanol–water partition coefficient (Wildman–Crippen LogP) is 4.74. The molecule has 0 amide bonds. The first-order valence-corrected chi connectivity index (χ1v) is 8.22. The van der Waals surface area contributed by atoms with Gasteiger partial charge in [-0.25, -0.2) is 0 Å². The van der Waals surface area contributed by atoms with E-state index in [1.165, 1.54) is 56.9 Å². The van der Waals surface area contributed by atoms with Crippen molar-refractivity contribution in [2.24, 2.45) is 0 Å². The zero-order chi connectivity index (χ0) is 13.8. The predicted molar refractivity (Wildman–Crippen MR) is 84.4 cm³/mol. The van der Waals surface area contributed by atoms with Gasteiger partial charge in [0.1, 0.15) is 0 Å². The molecule has 0 unspecified atom stereocenters. The molecule has 1 heterocycles. The van der Waals surface area contributed by atoms with Crippen molar-refractivity contribution in [3.8, 4) is 0 Å². The molecular formula is C17H32N2. The molecule has 1 aromatic heterocycles. The average Bonchev–Trinajstić information content (AvgIpc) is 2.89. The summed E-state index contributed by atoms with van der Waals surface area (Å²) in [5, 5.41) is 3.54. The van der Waals surface area contributed by atoms with Crippen molar-refractivity contribution < 1.29 is 0 Å². The maximum Gasteiger partial charge on any atom is 0.0220 e. The summed E-state index contributed by atoms with van der Waals surface area (Å²) in [7, 11) is 0. The smallest absolute Gasteiger partial charge is 0.0220 e. The highest BCUT2D eigenvalue weighted by molar-refractivity contribution is 5.09. The Labute approximate surface area is 119 Å². The van der Waals surface area contributed by atoms with E-state index >= 15 is 0 Å². The van der Waals surface area contributed by atoms with E-state index in [1.807, 2.05) is 0 Å². The van der Waals surface area contributed by atoms with Gasteiger partial charge in [-0.05, 0) is 31.5 Å². The van der Waals surface area contributed by atoms with E-state index in [0.29, 0.717) is 0 Å². The molecule has 2 nitrogen and oxygen atoms in total. The minimum Gasteiger partial charge on any atom is -0.354 e. The van der Waals surface area contributed by atoms with Crippen LogP contribution in [0, 0.1) is 0 Å². The zero-order valence-electron chi connectivity index (χ0n) is 13.0. The molecule has 0 radical (unpaired) electrons. The van der Waals surface area contributed by atoms with Crippen molar-refractivity contribution in [3.05, 3.63) is 24.0 Å². The van der Waals surface area contributed by atoms with Crippen molar-refractivity contribution in [2.45, 2.75) is 78.3 Å². The van der Waals surface area contributed by atoms with Gasteiger partial charge in [-0.2, -0.15) is 0 Å². The fourth-order valence-corrected chi connectivity index (χ4v) is 2.41. The van der Waals surface area contributed by atoms with Gasteiger partial charge in [0.25, 0.3) is 0 Å². The van der Waals surface area contributed by atoms with Crippen LogP contribution in [0.4, 0.5) is 0 Å². The van der Waals surface area contributed by atoms with Gasteiger partial charge in [0, 0.05) is 25.5 Å². The Balaban J connectivity index is 1.86. The first-order chi connectivity index (χ1) is 9.36. The van der Waals surface area contributed by atoms with Crippen LogP contribution in [0.3, 0.4) is 0 Å². The molecule has 0 atom stereocenters. The Morgan fingerprint density at radius 1 is 0.947 bits per heavy atom. The van der Waals surface area contributed by atoms with E-state index in [-0.39, 0.29) is 0 Å². The van der Waals surface area contributed by atoms with E-state index in [4.69, 9.17) is 0 Å². The van der Waals surface area contributed by atoms with Crippen LogP contribution in [0.1, 0.15) is 70.8 Å². The maximum atomic E-state index is 3.54. The Morgan fingerprint density at radius 3 is 2.26 bits per heavy atom. The maximum absolute atomic E-state index is 3.54. The summed E-state index contributed by atoms with van der Waals surface area (Å²) in [6.45, 7) is 7.70. The molecule has 1 aromatic rings. The van der Waals surface area contributed by atoms with Gasteiger partial charge in [0.15, 0.2) is 0 Å². The van der Waals surface area contributed by atoms with E-state index in [1.54, 1.807) is 0 Å². The fraction of sp³-hybridized carbons (Fsp3) is 0.765. The van der Waals surface area contributed by atoms with Crippen LogP contribution in [-0.2, 0) is 13.1 Å². The molecule has 0 aliphatic heterocycles. The summed E-state index contributed by atoms with van der Waals surface area (Å²) >= 11 is 0. The van der Waals surface area contributed by atoms with Gasteiger partial charge < -0.3 is 9.88 Å². The Bertz CT molecular complexity index is 304. The summed E-state index contributed by atoms with van der Waals surface area (Å²) in [5.41, 5.74) is 1.40. The van der Waals surface area contributed by atoms with Gasteiger partial charge in [-0.3, -0.25) is 0 Å². The van der Waals surface area contributed by atoms with Crippen molar-refractivity contribution >= 4 is 0 Å². The molecule has 19 heavy (non-hydrogen) atoms. The molecule has 1 N–H and O–H groups in total. The molecular weight excluding hydrogens is 232 g/mol. The highest BCUT2D eigenvalue weighted by Gasteiger charge is 1.95. The van der Waals surface area contributed by atoms with Crippen LogP contribution >= 0.6 is 0 Å². The van der Waals surface area contributed by atoms with Crippen LogP contribution in [0.25, 0.3) is 0 Å². The van der Waals surface area contributed by atoms with Crippen LogP contribution in [-0.4, -0.2) is 11.1 Å². The average molecular weight is 264 g/mol. The van der Waals surface area contributed by atoms with Crippen molar-refractivity contribution in [1.82, 2.24) is 9.88 Å². The molecule has 0 saturated heterocycles. The summed E-state index contributed by atoms with van der Waals surface area (Å²) in [5.74, 6) is 0. The second kappa shape index (κ2) is 11.1. The molecule has 2 heteroatoms. The molecule has 0 saturated carbocycles. The Morgan fingerprint density at radius 2 is 1.63 bits per heavy atom. The van der Waals surface area contributed by atoms with Crippen LogP contribution in [0.15, 0.2) is 18.5 Å². The first-order valence-electron chi connectivity index (χ1n) is 8.22. The number of aryl methyl sites for hydroxylation is 1. The third-order valence-electron chi connectivity index (χ3n) is 3.71. The van der Waals surface area contributed by atoms with Crippen molar-refractivity contribution in [2.75, 3.05) is 6.54 Å². The molecule has 0 aliphatic rings. The van der Waals surface area contributed by atoms with E-state index in [0.717, 1.165) is 19.6 Å². The third-order valence-corrected chi connectivity index (χ3v) is 3.71. The van der Waals surface area contributed by atoms with Crippen LogP contribution in [0.5, 0.6) is 0 Å². The lowest BCUT2D eigenvalue weighted by Gasteiger charge is -2.04. The van der Waals surface area contributed by atoms with E-state index < -0.39 is 0 Å². The zero-order valence-corrected chi connectivity index (χ0v) is 13.0. The summed E-state index contributed by atoms with van der Waals surface area (Å²) < 4.78 is 2.23. The quantitative estimate of drug-likeness (QED) is 0.540. The van der Waals surface area contributed by atoms with Gasteiger partial charge in [-0.1, -0.05) is 51.9 Å². The lowest BCUT2D eigenvalue weighted by molar-refractivity contribution is 0.555. The highest BCUT2D eigenvalue weighted by atomic mass is 14.9. The monoisotopic (exact) mass is 264 g/mol. The largest absolute Gasteiger partial charge is 0.354 e. The molecule has 0 aromatic carbocycles. The second-order valence-corrected chi connectivity index (χ2v) is 5.50. The molecule has 0 spiro atoms. The first kappa shape index (κ1) is 16.3. The number of unbranched alkanes of at least 4 members (excludes halogenated alkanes) is 7. The summed E-state index contributed by atoms with van der Waals surface area (Å²) in [6.07, 6.45) is 15.6. The van der Waals surface area contributed by atoms with Crippen LogP contribution < -0.4 is 5.32 Å². The lowest BCUT2D eigenvalue weighted by atomic mass is 10.1. The molecule has 0 fully saturated rings. The van der Waals surface area contributed by atoms with Crippen LogP contribution in [0.2, 0.25) is 0 Å². The Kier molecular flexibility index (Phi) is 9.52. The topological polar surface area (TPSA) is 17.0 Å². The normalized spacial score (nSPS) is 11.1. The number of nitrogens with zero attached hydrogens (tertiary/aromatic N) is 1. The molecule has 0 bridgehead atoms. The highest BCUT2D eigenvalue weighted by Crippen LogP contribution is 2.08. The number of hydrogen-bond acceptors (Lipinski definition) is 1. The molecule has 1 rings (SSSR count). The van der Waals surface area contributed by atoms with Crippen molar-refractivity contribution in [1.29, 1.82) is 0 Å². The van der Waals surface area contributed by atoms with E-state index in [9.17, 15) is 0 Å². The van der Waals surface area contributed by atoms with Gasteiger partial charge in [0.05, 0.1) is 0 Å². The fourth-order valence-electron chi connectivity index (χ4n) is 2.41. The number of hydrogen-bond donors (Lipinski definition) is 1. The Hall–Kier alpha value is -0.760. The number of aromatic nitrogens is 1. The van der Waals surface area contributed by atoms with Gasteiger partial charge in [-0.15, -0.1) is 0 Å². The van der Waals surface area contributed by atoms with Gasteiger partial charge >= 0.3 is 0 Å². The summed E-state index contributed by atoms with van der Waals surface area (Å²) in [6, 6.07) is 2.21. The SMILES string of the molecule is CCCCCCCCCCNCc1ccn(CC)c1. The van der Waals surface area contributed by atoms with Crippen molar-refractivity contribution in [3.63, 3.8) is 0 Å². The van der Waals surface area contributed by atoms with E-state index in [2.05, 4.69) is 42.2 Å². The minimum atomic E-state index is 1.02. The number of rotatable bonds is 12. The number of nitrogens with one attached hydrogen (secondary N) is 1. The molecule has 110 valence electrons. The van der Waals surface area contributed by atoms with Gasteiger partial charge in [0.2, 0.25) is 0 Å². The lowest BCUT2D eigenvalue weighted by Crippen LogP contribution is -2.14. The molecule has 0 aliphatic carbocycles. The standard InChI is InChI=1S/C17H32N2/c1-3-5-6-7-8-9-10-11-13-18-15-17-12-14-19(4-2)16-17/h12,14,16,18H,3-11,13,15H2,1-2H3.